The summed E-state index contributed by atoms with van der Waals surface area (Å²) in [6.07, 6.45) is 0. The van der Waals surface area contributed by atoms with Gasteiger partial charge >= 0.3 is 0 Å². The van der Waals surface area contributed by atoms with Crippen LogP contribution in [0.15, 0.2) is 176 Å². The van der Waals surface area contributed by atoms with E-state index < -0.39 is 0 Å². The largest absolute Gasteiger partial charge is 0.308 e. The topological polar surface area (TPSA) is 14.8 Å². The van der Waals surface area contributed by atoms with Crippen LogP contribution in [0, 0.1) is 48.5 Å². The lowest BCUT2D eigenvalue weighted by atomic mass is 9.33. The fourth-order valence-electron chi connectivity index (χ4n) is 11.8. The third-order valence-corrected chi connectivity index (χ3v) is 14.4. The lowest BCUT2D eigenvalue weighted by molar-refractivity contribution is 1.16. The molecule has 12 aromatic rings. The minimum atomic E-state index is 0.0878. The van der Waals surface area contributed by atoms with Crippen molar-refractivity contribution < 1.29 is 0 Å². The van der Waals surface area contributed by atoms with Crippen molar-refractivity contribution in [2.75, 3.05) is 0 Å². The fraction of sp³-hybridized carbons (Fsp3) is 0.115. The molecule has 0 bridgehead atoms. The van der Waals surface area contributed by atoms with Crippen LogP contribution < -0.4 is 16.4 Å². The zero-order chi connectivity index (χ0) is 44.2. The molecule has 0 spiro atoms. The van der Waals surface area contributed by atoms with Gasteiger partial charge in [-0.3, -0.25) is 0 Å². The molecule has 0 atom stereocenters. The van der Waals surface area contributed by atoms with E-state index in [1.807, 2.05) is 0 Å². The van der Waals surface area contributed by atoms with E-state index >= 15 is 0 Å². The second-order valence-electron chi connectivity index (χ2n) is 18.4. The molecule has 0 amide bonds. The van der Waals surface area contributed by atoms with E-state index in [-0.39, 0.29) is 6.71 Å². The Morgan fingerprint density at radius 3 is 1.09 bits per heavy atom. The summed E-state index contributed by atoms with van der Waals surface area (Å²) in [5.41, 5.74) is 24.1. The lowest BCUT2D eigenvalue weighted by Gasteiger charge is -2.27. The van der Waals surface area contributed by atoms with Crippen LogP contribution in [-0.2, 0) is 0 Å². The molecule has 3 aromatic heterocycles. The second kappa shape index (κ2) is 14.8. The number of para-hydroxylation sites is 4. The van der Waals surface area contributed by atoms with E-state index in [0.717, 1.165) is 11.4 Å². The predicted molar refractivity (Wildman–Crippen MR) is 280 cm³/mol. The SMILES string of the molecule is Cc1cccc(-n2c3ccccc3c3c4c(c5ccccc5n4-c4ccccc4)c4c(c5ccccc5n4-c4cc(C)c(B(c5c(C)cccc5C)c5c(C)cccc5C)c(C)c4)c32)c1. The third-order valence-electron chi connectivity index (χ3n) is 14.4. The molecule has 0 radical (unpaired) electrons. The maximum Gasteiger partial charge on any atom is 0.243 e. The summed E-state index contributed by atoms with van der Waals surface area (Å²) in [7, 11) is 0. The Morgan fingerprint density at radius 2 is 0.646 bits per heavy atom. The molecule has 0 fully saturated rings. The molecule has 12 rings (SSSR count). The zero-order valence-electron chi connectivity index (χ0n) is 38.2. The van der Waals surface area contributed by atoms with Crippen LogP contribution in [-0.4, -0.2) is 20.4 Å². The first-order chi connectivity index (χ1) is 31.7. The lowest BCUT2D eigenvalue weighted by Crippen LogP contribution is -2.57. The summed E-state index contributed by atoms with van der Waals surface area (Å²) in [5.74, 6) is 0. The van der Waals surface area contributed by atoms with Crippen molar-refractivity contribution in [1.82, 2.24) is 13.7 Å². The molecule has 0 saturated carbocycles. The molecule has 0 aliphatic heterocycles. The number of nitrogens with zero attached hydrogens (tertiary/aromatic N) is 3. The molecule has 4 heteroatoms. The highest BCUT2D eigenvalue weighted by molar-refractivity contribution is 6.97. The van der Waals surface area contributed by atoms with Gasteiger partial charge in [0.15, 0.2) is 0 Å². The van der Waals surface area contributed by atoms with Crippen molar-refractivity contribution in [3.8, 4) is 17.1 Å². The van der Waals surface area contributed by atoms with E-state index in [1.54, 1.807) is 0 Å². The number of hydrogen-bond acceptors (Lipinski definition) is 0. The first-order valence-corrected chi connectivity index (χ1v) is 23.0. The average molecular weight is 836 g/mol. The number of hydrogen-bond donors (Lipinski definition) is 0. The van der Waals surface area contributed by atoms with Gasteiger partial charge in [0, 0.05) is 49.4 Å². The van der Waals surface area contributed by atoms with Gasteiger partial charge in [-0.1, -0.05) is 171 Å². The van der Waals surface area contributed by atoms with Crippen molar-refractivity contribution in [1.29, 1.82) is 0 Å². The maximum atomic E-state index is 2.60. The summed E-state index contributed by atoms with van der Waals surface area (Å²) >= 11 is 0. The van der Waals surface area contributed by atoms with Crippen LogP contribution in [0.2, 0.25) is 0 Å². The smallest absolute Gasteiger partial charge is 0.243 e. The van der Waals surface area contributed by atoms with Crippen molar-refractivity contribution in [2.45, 2.75) is 48.5 Å². The first-order valence-electron chi connectivity index (χ1n) is 23.0. The van der Waals surface area contributed by atoms with Crippen LogP contribution in [0.5, 0.6) is 0 Å². The minimum absolute atomic E-state index is 0.0878. The maximum absolute atomic E-state index is 2.60. The minimum Gasteiger partial charge on any atom is -0.308 e. The Morgan fingerprint density at radius 1 is 0.292 bits per heavy atom. The summed E-state index contributed by atoms with van der Waals surface area (Å²) in [6.45, 7) is 16.1. The monoisotopic (exact) mass is 835 g/mol. The standard InChI is InChI=1S/C61H50BN3/c1-37-20-17-27-45(34-37)64-51-32-15-12-29-48(51)53-59-54(47-28-11-14-31-50(47)63(59)44-25-9-8-10-26-44)61-55(60(53)64)49-30-13-16-33-52(49)65(61)46-35-42(6)58(43(7)36-46)62(56-38(2)21-18-22-39(56)3)57-40(4)23-19-24-41(57)5/h8-36H,1-7H3. The zero-order valence-corrected chi connectivity index (χ0v) is 38.2. The highest BCUT2D eigenvalue weighted by atomic mass is 15.0. The number of fused-ring (bicyclic) bond motifs is 12. The van der Waals surface area contributed by atoms with E-state index in [1.165, 1.54) is 126 Å². The van der Waals surface area contributed by atoms with Crippen LogP contribution >= 0.6 is 0 Å². The van der Waals surface area contributed by atoms with Crippen molar-refractivity contribution >= 4 is 88.5 Å². The molecule has 0 unspecified atom stereocenters. The normalized spacial score (nSPS) is 11.9. The highest BCUT2D eigenvalue weighted by Gasteiger charge is 2.32. The van der Waals surface area contributed by atoms with Crippen molar-refractivity contribution in [3.05, 3.63) is 215 Å². The molecule has 65 heavy (non-hydrogen) atoms. The Bertz CT molecular complexity index is 3800. The van der Waals surface area contributed by atoms with Crippen molar-refractivity contribution in [2.24, 2.45) is 0 Å². The van der Waals surface area contributed by atoms with Gasteiger partial charge in [-0.25, -0.2) is 0 Å². The molecule has 9 aromatic carbocycles. The molecule has 3 heterocycles. The molecule has 312 valence electrons. The number of rotatable bonds is 6. The van der Waals surface area contributed by atoms with E-state index in [2.05, 4.69) is 238 Å². The molecule has 3 nitrogen and oxygen atoms in total. The average Bonchev–Trinajstić information content (AvgIpc) is 3.95. The molecule has 0 aliphatic rings. The molecule has 0 N–H and O–H groups in total. The van der Waals surface area contributed by atoms with Gasteiger partial charge in [-0.15, -0.1) is 0 Å². The third kappa shape index (κ3) is 5.69. The fourth-order valence-corrected chi connectivity index (χ4v) is 11.8. The van der Waals surface area contributed by atoms with Gasteiger partial charge in [-0.2, -0.15) is 0 Å². The Balaban J connectivity index is 1.29. The summed E-state index contributed by atoms with van der Waals surface area (Å²) < 4.78 is 7.67. The van der Waals surface area contributed by atoms with Gasteiger partial charge in [0.25, 0.3) is 0 Å². The van der Waals surface area contributed by atoms with E-state index in [9.17, 15) is 0 Å². The number of benzene rings is 9. The molecule has 0 saturated heterocycles. The number of aromatic nitrogens is 3. The molecular formula is C61H50BN3. The summed E-state index contributed by atoms with van der Waals surface area (Å²) in [6, 6.07) is 65.6. The van der Waals surface area contributed by atoms with Gasteiger partial charge in [0.05, 0.1) is 33.1 Å². The Labute approximate surface area is 380 Å². The van der Waals surface area contributed by atoms with Crippen LogP contribution in [0.1, 0.15) is 38.9 Å². The van der Waals surface area contributed by atoms with Gasteiger partial charge in [0.1, 0.15) is 0 Å². The van der Waals surface area contributed by atoms with Crippen LogP contribution in [0.25, 0.3) is 82.5 Å². The molecular weight excluding hydrogens is 786 g/mol. The van der Waals surface area contributed by atoms with Crippen molar-refractivity contribution in [3.63, 3.8) is 0 Å². The predicted octanol–water partition coefficient (Wildman–Crippen LogP) is 13.7. The molecule has 0 aliphatic carbocycles. The quantitative estimate of drug-likeness (QED) is 0.148. The Hall–Kier alpha value is -7.56. The van der Waals surface area contributed by atoms with Crippen LogP contribution in [0.4, 0.5) is 0 Å². The number of aryl methyl sites for hydroxylation is 7. The van der Waals surface area contributed by atoms with Gasteiger partial charge in [-0.05, 0) is 109 Å². The highest BCUT2D eigenvalue weighted by Crippen LogP contribution is 2.50. The first kappa shape index (κ1) is 39.1. The Kier molecular flexibility index (Phi) is 8.87. The summed E-state index contributed by atoms with van der Waals surface area (Å²) in [5, 5.41) is 7.52. The van der Waals surface area contributed by atoms with Gasteiger partial charge in [0.2, 0.25) is 6.71 Å². The second-order valence-corrected chi connectivity index (χ2v) is 18.4. The van der Waals surface area contributed by atoms with Gasteiger partial charge < -0.3 is 13.7 Å². The van der Waals surface area contributed by atoms with Crippen LogP contribution in [0.3, 0.4) is 0 Å². The van der Waals surface area contributed by atoms with E-state index in [0.29, 0.717) is 0 Å². The van der Waals surface area contributed by atoms with E-state index in [4.69, 9.17) is 0 Å². The summed E-state index contributed by atoms with van der Waals surface area (Å²) in [4.78, 5) is 0.